The molecule has 3 rings (SSSR count). The van der Waals surface area contributed by atoms with E-state index >= 15 is 0 Å². The number of hydrogen-bond acceptors (Lipinski definition) is 0. The Balaban J connectivity index is 0.00000178. The molecular weight excluding hydrogens is 702 g/mol. The van der Waals surface area contributed by atoms with Crippen LogP contribution in [-0.2, 0) is 28.3 Å². The van der Waals surface area contributed by atoms with Crippen molar-refractivity contribution >= 4 is 50.8 Å². The predicted octanol–water partition coefficient (Wildman–Crippen LogP) is 10.2. The molecule has 1 atom stereocenters. The molecule has 40 heavy (non-hydrogen) atoms. The number of rotatable bonds is 5. The first kappa shape index (κ1) is 35.7. The van der Waals surface area contributed by atoms with Gasteiger partial charge in [-0.1, -0.05) is 5.56 Å². The Kier molecular flexibility index (Phi) is 12.3. The van der Waals surface area contributed by atoms with Gasteiger partial charge >= 0.3 is 47.4 Å². The molecule has 0 radical (unpaired) electrons. The van der Waals surface area contributed by atoms with E-state index in [1.807, 2.05) is 6.07 Å². The van der Waals surface area contributed by atoms with Gasteiger partial charge in [0.15, 0.2) is 0 Å². The molecule has 0 amide bonds. The molecule has 0 aromatic heterocycles. The summed E-state index contributed by atoms with van der Waals surface area (Å²) in [6.45, 7) is 15.5. The Morgan fingerprint density at radius 2 is 1.02 bits per heavy atom. The topological polar surface area (TPSA) is 0 Å². The zero-order chi connectivity index (χ0) is 30.7. The fourth-order valence-corrected chi connectivity index (χ4v) is 13.3. The van der Waals surface area contributed by atoms with Gasteiger partial charge in [0.1, 0.15) is 0 Å². The van der Waals surface area contributed by atoms with Gasteiger partial charge in [-0.25, -0.2) is 12.1 Å². The van der Waals surface area contributed by atoms with Gasteiger partial charge in [0.2, 0.25) is 0 Å². The maximum absolute atomic E-state index is 13.3. The first-order valence-electron chi connectivity index (χ1n) is 12.4. The normalized spacial score (nSPS) is 13.9. The van der Waals surface area contributed by atoms with Crippen LogP contribution in [0.1, 0.15) is 70.8 Å². The molecule has 0 saturated heterocycles. The third kappa shape index (κ3) is 9.23. The monoisotopic (exact) mass is 735 g/mol. The van der Waals surface area contributed by atoms with Gasteiger partial charge in [-0.15, -0.1) is 6.07 Å². The van der Waals surface area contributed by atoms with Crippen molar-refractivity contribution in [2.75, 3.05) is 0 Å². The summed E-state index contributed by atoms with van der Waals surface area (Å²) >= 11 is -0.106. The SMILES string of the molecule is C[C@@H](c1ccc[c-]1[PH+](C(C)(C)C)C(C)(C)C)[PH+](c1ccc(C(F)(F)F)cc1)c1ccc(C(F)(F)F)cc1.[Cl][Pd][Cl]. The van der Waals surface area contributed by atoms with E-state index in [0.29, 0.717) is 0 Å². The van der Waals surface area contributed by atoms with Crippen LogP contribution in [0, 0.1) is 0 Å². The first-order chi connectivity index (χ1) is 18.2. The van der Waals surface area contributed by atoms with Gasteiger partial charge in [-0.05, 0) is 110 Å². The van der Waals surface area contributed by atoms with Gasteiger partial charge < -0.3 is 0 Å². The van der Waals surface area contributed by atoms with Crippen molar-refractivity contribution in [2.45, 2.75) is 76.8 Å². The summed E-state index contributed by atoms with van der Waals surface area (Å²) in [5.41, 5.74) is -0.407. The van der Waals surface area contributed by atoms with Gasteiger partial charge in [0.25, 0.3) is 0 Å². The van der Waals surface area contributed by atoms with Gasteiger partial charge in [0, 0.05) is 0 Å². The van der Waals surface area contributed by atoms with Crippen LogP contribution in [0.15, 0.2) is 66.7 Å². The van der Waals surface area contributed by atoms with Crippen LogP contribution in [0.3, 0.4) is 0 Å². The molecule has 0 heterocycles. The molecule has 3 aromatic rings. The summed E-state index contributed by atoms with van der Waals surface area (Å²) in [6.07, 6.45) is -8.91. The summed E-state index contributed by atoms with van der Waals surface area (Å²) in [4.78, 5) is 0. The fraction of sp³-hybridized carbons (Fsp3) is 0.414. The number of hydrogen-bond donors (Lipinski definition) is 0. The van der Waals surface area contributed by atoms with Crippen LogP contribution in [0.4, 0.5) is 26.3 Å². The average Bonchev–Trinajstić information content (AvgIpc) is 3.26. The van der Waals surface area contributed by atoms with Crippen molar-refractivity contribution in [2.24, 2.45) is 0 Å². The molecule has 3 aromatic carbocycles. The molecule has 11 heteroatoms. The van der Waals surface area contributed by atoms with Crippen molar-refractivity contribution in [1.29, 1.82) is 0 Å². The number of alkyl halides is 6. The molecule has 0 aliphatic rings. The van der Waals surface area contributed by atoms with Crippen LogP contribution >= 0.6 is 34.9 Å². The Bertz CT molecular complexity index is 1140. The van der Waals surface area contributed by atoms with E-state index in [-0.39, 0.29) is 31.9 Å². The second-order valence-corrected chi connectivity index (χ2v) is 21.1. The van der Waals surface area contributed by atoms with E-state index in [4.69, 9.17) is 19.1 Å². The molecular formula is C29H35Cl2F6P2Pd+. The van der Waals surface area contributed by atoms with Crippen molar-refractivity contribution < 1.29 is 42.3 Å². The van der Waals surface area contributed by atoms with E-state index in [2.05, 4.69) is 60.6 Å². The second kappa shape index (κ2) is 13.8. The standard InChI is InChI=1S/C29H34F6P2.2ClH.Pd/c1-19(24-9-8-10-25(24)37(26(2,3)4)27(5,6)7)36(22-15-11-20(12-16-22)28(30,31)32)23-17-13-21(14-18-23)29(33,34)35;;;/h8-19,37H,1-7H3;2*1H;/q;;;+2/p-1/t19-;;;/m0.../s1. The zero-order valence-corrected chi connectivity index (χ0v) is 28.3. The zero-order valence-electron chi connectivity index (χ0n) is 23.3. The Labute approximate surface area is 252 Å². The minimum atomic E-state index is -4.46. The summed E-state index contributed by atoms with van der Waals surface area (Å²) in [6, 6.07) is 16.5. The Morgan fingerprint density at radius 3 is 1.32 bits per heavy atom. The van der Waals surface area contributed by atoms with Crippen LogP contribution in [-0.4, -0.2) is 10.3 Å². The molecule has 0 unspecified atom stereocenters. The molecule has 0 N–H and O–H groups in total. The first-order valence-corrected chi connectivity index (χ1v) is 19.5. The predicted molar refractivity (Wildman–Crippen MR) is 160 cm³/mol. The molecule has 226 valence electrons. The van der Waals surface area contributed by atoms with Crippen molar-refractivity contribution in [3.8, 4) is 0 Å². The third-order valence-corrected chi connectivity index (χ3v) is 13.6. The van der Waals surface area contributed by atoms with E-state index in [0.717, 1.165) is 40.4 Å². The van der Waals surface area contributed by atoms with Crippen molar-refractivity contribution in [1.82, 2.24) is 0 Å². The third-order valence-electron chi connectivity index (χ3n) is 6.56. The van der Waals surface area contributed by atoms with Crippen molar-refractivity contribution in [3.05, 3.63) is 83.4 Å². The molecule has 0 nitrogen and oxygen atoms in total. The molecule has 0 bridgehead atoms. The summed E-state index contributed by atoms with van der Waals surface area (Å²) in [5, 5.41) is 2.84. The summed E-state index contributed by atoms with van der Waals surface area (Å²) in [7, 11) is 6.73. The fourth-order valence-electron chi connectivity index (χ4n) is 5.47. The van der Waals surface area contributed by atoms with E-state index in [9.17, 15) is 26.3 Å². The number of halogens is 8. The van der Waals surface area contributed by atoms with Gasteiger partial charge in [-0.3, -0.25) is 0 Å². The second-order valence-electron chi connectivity index (χ2n) is 11.6. The summed E-state index contributed by atoms with van der Waals surface area (Å²) in [5.74, 6) is 0. The Hall–Kier alpha value is -0.528. The maximum atomic E-state index is 13.3. The summed E-state index contributed by atoms with van der Waals surface area (Å²) < 4.78 is 79.5. The molecule has 0 saturated carbocycles. The van der Waals surface area contributed by atoms with Crippen LogP contribution in [0.25, 0.3) is 0 Å². The van der Waals surface area contributed by atoms with Gasteiger partial charge in [0.05, 0.1) is 45.6 Å². The quantitative estimate of drug-likeness (QED) is 0.106. The Morgan fingerprint density at radius 1 is 0.675 bits per heavy atom. The van der Waals surface area contributed by atoms with E-state index < -0.39 is 39.3 Å². The van der Waals surface area contributed by atoms with E-state index in [1.54, 1.807) is 0 Å². The van der Waals surface area contributed by atoms with Crippen molar-refractivity contribution in [3.63, 3.8) is 0 Å². The number of benzene rings is 2. The van der Waals surface area contributed by atoms with E-state index in [1.165, 1.54) is 29.6 Å². The average molecular weight is 737 g/mol. The van der Waals surface area contributed by atoms with Gasteiger partial charge in [-0.2, -0.15) is 26.3 Å². The molecule has 0 aliphatic heterocycles. The molecule has 0 fully saturated rings. The van der Waals surface area contributed by atoms with Crippen LogP contribution in [0.2, 0.25) is 0 Å². The van der Waals surface area contributed by atoms with Crippen LogP contribution < -0.4 is 15.9 Å². The minimum absolute atomic E-state index is 0.0430. The molecule has 0 spiro atoms. The van der Waals surface area contributed by atoms with Crippen LogP contribution in [0.5, 0.6) is 0 Å². The molecule has 0 aliphatic carbocycles.